The van der Waals surface area contributed by atoms with Crippen molar-refractivity contribution in [1.82, 2.24) is 10.2 Å². The van der Waals surface area contributed by atoms with E-state index in [1.807, 2.05) is 0 Å². The van der Waals surface area contributed by atoms with Gasteiger partial charge in [0, 0.05) is 20.1 Å². The molecule has 1 heterocycles. The highest BCUT2D eigenvalue weighted by Gasteiger charge is 2.27. The number of fused-ring (bicyclic) bond motifs is 1. The van der Waals surface area contributed by atoms with E-state index in [0.29, 0.717) is 0 Å². The maximum atomic E-state index is 11.8. The number of hydrogen-bond donors (Lipinski definition) is 1. The van der Waals surface area contributed by atoms with Crippen molar-refractivity contribution in [2.45, 2.75) is 13.0 Å². The molecule has 1 amide bonds. The van der Waals surface area contributed by atoms with Crippen molar-refractivity contribution in [1.29, 1.82) is 0 Å². The second-order valence-electron chi connectivity index (χ2n) is 7.10. The van der Waals surface area contributed by atoms with Gasteiger partial charge in [0.05, 0.1) is 5.92 Å². The van der Waals surface area contributed by atoms with Gasteiger partial charge < -0.3 is 5.32 Å². The molecular formula is C23H24N2O. The van der Waals surface area contributed by atoms with Crippen LogP contribution in [0.2, 0.25) is 0 Å². The molecule has 3 aromatic rings. The molecule has 1 saturated heterocycles. The molecule has 1 N–H and O–H groups in total. The summed E-state index contributed by atoms with van der Waals surface area (Å²) in [6, 6.07) is 23.9. The van der Waals surface area contributed by atoms with E-state index < -0.39 is 0 Å². The number of rotatable bonds is 4. The quantitative estimate of drug-likeness (QED) is 0.774. The molecule has 132 valence electrons. The fourth-order valence-corrected chi connectivity index (χ4v) is 3.87. The Morgan fingerprint density at radius 1 is 1.00 bits per heavy atom. The van der Waals surface area contributed by atoms with E-state index in [-0.39, 0.29) is 11.8 Å². The molecule has 0 bridgehead atoms. The predicted molar refractivity (Wildman–Crippen MR) is 107 cm³/mol. The van der Waals surface area contributed by atoms with Gasteiger partial charge in [-0.1, -0.05) is 54.6 Å². The van der Waals surface area contributed by atoms with Crippen molar-refractivity contribution in [3.63, 3.8) is 0 Å². The lowest BCUT2D eigenvalue weighted by Gasteiger charge is -2.16. The summed E-state index contributed by atoms with van der Waals surface area (Å²) in [5, 5.41) is 5.31. The van der Waals surface area contributed by atoms with Gasteiger partial charge in [0.25, 0.3) is 0 Å². The Kier molecular flexibility index (Phi) is 4.72. The molecule has 1 atom stereocenters. The van der Waals surface area contributed by atoms with E-state index >= 15 is 0 Å². The van der Waals surface area contributed by atoms with Gasteiger partial charge in [0.2, 0.25) is 5.91 Å². The Morgan fingerprint density at radius 3 is 2.65 bits per heavy atom. The van der Waals surface area contributed by atoms with Crippen molar-refractivity contribution in [2.75, 3.05) is 20.1 Å². The molecule has 1 aliphatic rings. The van der Waals surface area contributed by atoms with Crippen molar-refractivity contribution in [2.24, 2.45) is 5.92 Å². The van der Waals surface area contributed by atoms with Gasteiger partial charge in [-0.15, -0.1) is 0 Å². The van der Waals surface area contributed by atoms with Crippen LogP contribution in [0.15, 0.2) is 66.7 Å². The monoisotopic (exact) mass is 344 g/mol. The average molecular weight is 344 g/mol. The minimum atomic E-state index is 0.128. The van der Waals surface area contributed by atoms with E-state index in [2.05, 4.69) is 76.9 Å². The first-order valence-corrected chi connectivity index (χ1v) is 9.25. The zero-order valence-corrected chi connectivity index (χ0v) is 15.1. The molecule has 0 saturated carbocycles. The zero-order chi connectivity index (χ0) is 17.9. The summed E-state index contributed by atoms with van der Waals surface area (Å²) in [6.07, 6.45) is 0.948. The minimum Gasteiger partial charge on any atom is -0.359 e. The first-order chi connectivity index (χ1) is 12.7. The Bertz CT molecular complexity index is 934. The first kappa shape index (κ1) is 16.8. The van der Waals surface area contributed by atoms with Crippen LogP contribution in [0.3, 0.4) is 0 Å². The summed E-state index contributed by atoms with van der Waals surface area (Å²) in [5.74, 6) is 0.293. The molecule has 3 aromatic carbocycles. The van der Waals surface area contributed by atoms with E-state index in [9.17, 15) is 4.79 Å². The second-order valence-corrected chi connectivity index (χ2v) is 7.10. The summed E-state index contributed by atoms with van der Waals surface area (Å²) in [7, 11) is 1.72. The number of nitrogens with zero attached hydrogens (tertiary/aromatic N) is 1. The van der Waals surface area contributed by atoms with Crippen LogP contribution in [0.1, 0.15) is 12.0 Å². The standard InChI is InChI=1S/C23H24N2O/c1-24-23(26)22-11-12-25(16-22)15-17-5-4-8-19(13-17)21-10-9-18-6-2-3-7-20(18)14-21/h2-10,13-14,22H,11-12,15-16H2,1H3,(H,24,26). The number of carbonyl (C=O) groups is 1. The third-order valence-electron chi connectivity index (χ3n) is 5.31. The summed E-state index contributed by atoms with van der Waals surface area (Å²) in [4.78, 5) is 14.2. The number of hydrogen-bond acceptors (Lipinski definition) is 2. The molecule has 0 aromatic heterocycles. The molecule has 0 aliphatic carbocycles. The highest BCUT2D eigenvalue weighted by Crippen LogP contribution is 2.26. The van der Waals surface area contributed by atoms with Crippen LogP contribution in [0, 0.1) is 5.92 Å². The Balaban J connectivity index is 1.52. The molecule has 0 radical (unpaired) electrons. The average Bonchev–Trinajstić information content (AvgIpc) is 3.15. The molecule has 26 heavy (non-hydrogen) atoms. The smallest absolute Gasteiger partial charge is 0.224 e. The number of nitrogens with one attached hydrogen (secondary N) is 1. The molecule has 1 aliphatic heterocycles. The molecular weight excluding hydrogens is 320 g/mol. The van der Waals surface area contributed by atoms with Gasteiger partial charge in [-0.2, -0.15) is 0 Å². The van der Waals surface area contributed by atoms with Crippen LogP contribution >= 0.6 is 0 Å². The molecule has 3 heteroatoms. The highest BCUT2D eigenvalue weighted by atomic mass is 16.1. The van der Waals surface area contributed by atoms with E-state index in [4.69, 9.17) is 0 Å². The minimum absolute atomic E-state index is 0.128. The summed E-state index contributed by atoms with van der Waals surface area (Å²) in [5.41, 5.74) is 3.79. The lowest BCUT2D eigenvalue weighted by Crippen LogP contribution is -2.30. The summed E-state index contributed by atoms with van der Waals surface area (Å²) in [6.45, 7) is 2.73. The largest absolute Gasteiger partial charge is 0.359 e. The fraction of sp³-hybridized carbons (Fsp3) is 0.261. The molecule has 0 spiro atoms. The molecule has 4 rings (SSSR count). The van der Waals surface area contributed by atoms with Gasteiger partial charge in [0.15, 0.2) is 0 Å². The zero-order valence-electron chi connectivity index (χ0n) is 15.1. The van der Waals surface area contributed by atoms with Gasteiger partial charge in [-0.3, -0.25) is 9.69 Å². The van der Waals surface area contributed by atoms with Crippen molar-refractivity contribution < 1.29 is 4.79 Å². The number of amides is 1. The fourth-order valence-electron chi connectivity index (χ4n) is 3.87. The normalized spacial score (nSPS) is 17.5. The third kappa shape index (κ3) is 3.49. The second kappa shape index (κ2) is 7.30. The Hall–Kier alpha value is -2.65. The van der Waals surface area contributed by atoms with Crippen LogP contribution < -0.4 is 5.32 Å². The Labute approximate surface area is 154 Å². The highest BCUT2D eigenvalue weighted by molar-refractivity contribution is 5.87. The van der Waals surface area contributed by atoms with E-state index in [0.717, 1.165) is 26.1 Å². The first-order valence-electron chi connectivity index (χ1n) is 9.25. The lowest BCUT2D eigenvalue weighted by atomic mass is 9.99. The molecule has 1 fully saturated rings. The van der Waals surface area contributed by atoms with Gasteiger partial charge in [-0.25, -0.2) is 0 Å². The number of benzene rings is 3. The van der Waals surface area contributed by atoms with Gasteiger partial charge >= 0.3 is 0 Å². The van der Waals surface area contributed by atoms with Gasteiger partial charge in [0.1, 0.15) is 0 Å². The van der Waals surface area contributed by atoms with Crippen LogP contribution in [0.5, 0.6) is 0 Å². The van der Waals surface area contributed by atoms with Crippen molar-refractivity contribution in [3.05, 3.63) is 72.3 Å². The maximum absolute atomic E-state index is 11.8. The van der Waals surface area contributed by atoms with Crippen LogP contribution in [-0.2, 0) is 11.3 Å². The molecule has 1 unspecified atom stereocenters. The van der Waals surface area contributed by atoms with Crippen molar-refractivity contribution >= 4 is 16.7 Å². The van der Waals surface area contributed by atoms with Crippen LogP contribution in [-0.4, -0.2) is 30.9 Å². The SMILES string of the molecule is CNC(=O)C1CCN(Cc2cccc(-c3ccc4ccccc4c3)c2)C1. The number of likely N-dealkylation sites (tertiary alicyclic amines) is 1. The summed E-state index contributed by atoms with van der Waals surface area (Å²) >= 11 is 0. The van der Waals surface area contributed by atoms with Gasteiger partial charge in [-0.05, 0) is 52.6 Å². The maximum Gasteiger partial charge on any atom is 0.224 e. The summed E-state index contributed by atoms with van der Waals surface area (Å²) < 4.78 is 0. The van der Waals surface area contributed by atoms with E-state index in [1.165, 1.54) is 27.5 Å². The van der Waals surface area contributed by atoms with Crippen LogP contribution in [0.4, 0.5) is 0 Å². The third-order valence-corrected chi connectivity index (χ3v) is 5.31. The lowest BCUT2D eigenvalue weighted by molar-refractivity contribution is -0.124. The van der Waals surface area contributed by atoms with E-state index in [1.54, 1.807) is 7.05 Å². The molecule has 3 nitrogen and oxygen atoms in total. The van der Waals surface area contributed by atoms with Crippen molar-refractivity contribution in [3.8, 4) is 11.1 Å². The Morgan fingerprint density at radius 2 is 1.81 bits per heavy atom. The topological polar surface area (TPSA) is 32.3 Å². The number of carbonyl (C=O) groups excluding carboxylic acids is 1. The predicted octanol–water partition coefficient (Wildman–Crippen LogP) is 4.07. The van der Waals surface area contributed by atoms with Crippen LogP contribution in [0.25, 0.3) is 21.9 Å².